The fourth-order valence-corrected chi connectivity index (χ4v) is 2.44. The van der Waals surface area contributed by atoms with Crippen molar-refractivity contribution in [3.8, 4) is 5.75 Å². The molecule has 0 aliphatic carbocycles. The van der Waals surface area contributed by atoms with Crippen LogP contribution in [0.2, 0.25) is 10.0 Å². The maximum Gasteiger partial charge on any atom is 0.152 e. The molecule has 19 heavy (non-hydrogen) atoms. The molecule has 0 amide bonds. The van der Waals surface area contributed by atoms with Gasteiger partial charge in [-0.25, -0.2) is 0 Å². The lowest BCUT2D eigenvalue weighted by Crippen LogP contribution is -2.09. The highest BCUT2D eigenvalue weighted by Crippen LogP contribution is 2.36. The van der Waals surface area contributed by atoms with E-state index in [1.807, 2.05) is 18.2 Å². The molecule has 0 saturated carbocycles. The van der Waals surface area contributed by atoms with Gasteiger partial charge in [0.05, 0.1) is 16.1 Å². The summed E-state index contributed by atoms with van der Waals surface area (Å²) in [5.74, 6) is -0.0818. The number of phenolic OH excluding ortho intramolecular Hbond substituents is 1. The van der Waals surface area contributed by atoms with Gasteiger partial charge in [0, 0.05) is 5.69 Å². The van der Waals surface area contributed by atoms with Crippen LogP contribution in [0.4, 0.5) is 5.69 Å². The highest BCUT2D eigenvalue weighted by Gasteiger charge is 2.11. The maximum absolute atomic E-state index is 9.55. The first-order valence-electron chi connectivity index (χ1n) is 6.11. The van der Waals surface area contributed by atoms with Crippen LogP contribution in [0.15, 0.2) is 42.5 Å². The van der Waals surface area contributed by atoms with Gasteiger partial charge in [0.2, 0.25) is 0 Å². The Labute approximate surface area is 123 Å². The second-order valence-corrected chi connectivity index (χ2v) is 5.12. The Morgan fingerprint density at radius 3 is 2.21 bits per heavy atom. The van der Waals surface area contributed by atoms with Crippen molar-refractivity contribution in [1.82, 2.24) is 0 Å². The third kappa shape index (κ3) is 3.34. The average molecular weight is 296 g/mol. The molecule has 0 aliphatic rings. The summed E-state index contributed by atoms with van der Waals surface area (Å²) < 4.78 is 0. The van der Waals surface area contributed by atoms with Gasteiger partial charge in [0.15, 0.2) is 5.75 Å². The number of nitrogens with one attached hydrogen (secondary N) is 1. The minimum Gasteiger partial charge on any atom is -0.505 e. The summed E-state index contributed by atoms with van der Waals surface area (Å²) in [4.78, 5) is 0. The summed E-state index contributed by atoms with van der Waals surface area (Å²) >= 11 is 11.8. The smallest absolute Gasteiger partial charge is 0.152 e. The second-order valence-electron chi connectivity index (χ2n) is 4.30. The van der Waals surface area contributed by atoms with Crippen molar-refractivity contribution in [3.05, 3.63) is 58.1 Å². The minimum absolute atomic E-state index is 0.0818. The molecule has 1 unspecified atom stereocenters. The zero-order chi connectivity index (χ0) is 13.8. The van der Waals surface area contributed by atoms with E-state index in [-0.39, 0.29) is 21.8 Å². The molecule has 0 bridgehead atoms. The summed E-state index contributed by atoms with van der Waals surface area (Å²) in [6.07, 6.45) is 0.931. The fourth-order valence-electron chi connectivity index (χ4n) is 1.96. The van der Waals surface area contributed by atoms with Crippen LogP contribution < -0.4 is 5.32 Å². The first kappa shape index (κ1) is 14.0. The van der Waals surface area contributed by atoms with E-state index in [1.165, 1.54) is 5.56 Å². The fraction of sp³-hybridized carbons (Fsp3) is 0.200. The van der Waals surface area contributed by atoms with Crippen molar-refractivity contribution in [2.24, 2.45) is 0 Å². The maximum atomic E-state index is 9.55. The molecule has 2 nitrogen and oxygen atoms in total. The van der Waals surface area contributed by atoms with Gasteiger partial charge in [-0.15, -0.1) is 0 Å². The molecule has 0 fully saturated rings. The zero-order valence-electron chi connectivity index (χ0n) is 10.5. The van der Waals surface area contributed by atoms with E-state index in [9.17, 15) is 5.11 Å². The van der Waals surface area contributed by atoms with Crippen molar-refractivity contribution in [2.45, 2.75) is 19.4 Å². The molecular weight excluding hydrogens is 281 g/mol. The van der Waals surface area contributed by atoms with Gasteiger partial charge in [0.1, 0.15) is 0 Å². The van der Waals surface area contributed by atoms with Gasteiger partial charge >= 0.3 is 0 Å². The molecule has 2 N–H and O–H groups in total. The van der Waals surface area contributed by atoms with Crippen LogP contribution in [-0.2, 0) is 0 Å². The predicted molar refractivity (Wildman–Crippen MR) is 81.2 cm³/mol. The van der Waals surface area contributed by atoms with Crippen LogP contribution in [0.3, 0.4) is 0 Å². The lowest BCUT2D eigenvalue weighted by Gasteiger charge is -2.19. The van der Waals surface area contributed by atoms with Crippen molar-refractivity contribution in [1.29, 1.82) is 0 Å². The van der Waals surface area contributed by atoms with Crippen LogP contribution >= 0.6 is 23.2 Å². The Hall–Kier alpha value is -1.38. The number of halogens is 2. The molecule has 0 radical (unpaired) electrons. The highest BCUT2D eigenvalue weighted by molar-refractivity contribution is 6.37. The van der Waals surface area contributed by atoms with Crippen LogP contribution in [0.25, 0.3) is 0 Å². The molecule has 1 atom stereocenters. The van der Waals surface area contributed by atoms with Gasteiger partial charge in [-0.05, 0) is 24.1 Å². The molecule has 0 aromatic heterocycles. The minimum atomic E-state index is -0.0818. The largest absolute Gasteiger partial charge is 0.505 e. The summed E-state index contributed by atoms with van der Waals surface area (Å²) in [7, 11) is 0. The molecule has 4 heteroatoms. The average Bonchev–Trinajstić information content (AvgIpc) is 2.43. The Bertz CT molecular complexity index is 534. The number of hydrogen-bond acceptors (Lipinski definition) is 2. The number of hydrogen-bond donors (Lipinski definition) is 2. The summed E-state index contributed by atoms with van der Waals surface area (Å²) in [5.41, 5.74) is 1.99. The lowest BCUT2D eigenvalue weighted by molar-refractivity contribution is 0.476. The third-order valence-corrected chi connectivity index (χ3v) is 3.54. The molecular formula is C15H15Cl2NO. The Balaban J connectivity index is 2.24. The highest BCUT2D eigenvalue weighted by atomic mass is 35.5. The number of aromatic hydroxyl groups is 1. The monoisotopic (exact) mass is 295 g/mol. The van der Waals surface area contributed by atoms with E-state index in [0.29, 0.717) is 0 Å². The Morgan fingerprint density at radius 2 is 1.68 bits per heavy atom. The van der Waals surface area contributed by atoms with Gasteiger partial charge in [-0.2, -0.15) is 0 Å². The molecule has 2 aromatic carbocycles. The van der Waals surface area contributed by atoms with E-state index >= 15 is 0 Å². The molecule has 0 spiro atoms. The number of rotatable bonds is 4. The predicted octanol–water partition coefficient (Wildman–Crippen LogP) is 5.26. The van der Waals surface area contributed by atoms with Crippen LogP contribution in [0.5, 0.6) is 5.75 Å². The van der Waals surface area contributed by atoms with Gasteiger partial charge < -0.3 is 10.4 Å². The summed E-state index contributed by atoms with van der Waals surface area (Å²) in [6, 6.07) is 13.7. The van der Waals surface area contributed by atoms with Crippen molar-refractivity contribution in [3.63, 3.8) is 0 Å². The van der Waals surface area contributed by atoms with E-state index in [0.717, 1.165) is 12.1 Å². The van der Waals surface area contributed by atoms with Crippen molar-refractivity contribution < 1.29 is 5.11 Å². The van der Waals surface area contributed by atoms with Crippen molar-refractivity contribution >= 4 is 28.9 Å². The quantitative estimate of drug-likeness (QED) is 0.754. The number of phenols is 1. The first-order chi connectivity index (χ1) is 9.11. The first-order valence-corrected chi connectivity index (χ1v) is 6.87. The Kier molecular flexibility index (Phi) is 4.56. The zero-order valence-corrected chi connectivity index (χ0v) is 12.0. The van der Waals surface area contributed by atoms with Gasteiger partial charge in [-0.3, -0.25) is 0 Å². The topological polar surface area (TPSA) is 32.3 Å². The van der Waals surface area contributed by atoms with Gasteiger partial charge in [0.25, 0.3) is 0 Å². The second kappa shape index (κ2) is 6.18. The molecule has 100 valence electrons. The third-order valence-electron chi connectivity index (χ3n) is 2.97. The van der Waals surface area contributed by atoms with Crippen LogP contribution in [-0.4, -0.2) is 5.11 Å². The van der Waals surface area contributed by atoms with E-state index < -0.39 is 0 Å². The van der Waals surface area contributed by atoms with Crippen LogP contribution in [0.1, 0.15) is 24.9 Å². The molecule has 0 aliphatic heterocycles. The normalized spacial score (nSPS) is 12.2. The Morgan fingerprint density at radius 1 is 1.11 bits per heavy atom. The van der Waals surface area contributed by atoms with E-state index in [2.05, 4.69) is 24.4 Å². The van der Waals surface area contributed by atoms with E-state index in [4.69, 9.17) is 23.2 Å². The van der Waals surface area contributed by atoms with Crippen LogP contribution in [0, 0.1) is 0 Å². The molecule has 2 rings (SSSR count). The standard InChI is InChI=1S/C15H15Cl2NO/c1-2-14(10-6-4-3-5-7-10)18-11-8-12(16)15(19)13(17)9-11/h3-9,14,18-19H,2H2,1H3. The summed E-state index contributed by atoms with van der Waals surface area (Å²) in [5, 5.41) is 13.4. The SMILES string of the molecule is CCC(Nc1cc(Cl)c(O)c(Cl)c1)c1ccccc1. The number of benzene rings is 2. The molecule has 2 aromatic rings. The lowest BCUT2D eigenvalue weighted by atomic mass is 10.0. The molecule has 0 heterocycles. The molecule has 0 saturated heterocycles. The van der Waals surface area contributed by atoms with Gasteiger partial charge in [-0.1, -0.05) is 60.5 Å². The number of anilines is 1. The van der Waals surface area contributed by atoms with Crippen molar-refractivity contribution in [2.75, 3.05) is 5.32 Å². The van der Waals surface area contributed by atoms with E-state index in [1.54, 1.807) is 12.1 Å². The summed E-state index contributed by atoms with van der Waals surface area (Å²) in [6.45, 7) is 2.11.